The van der Waals surface area contributed by atoms with E-state index < -0.39 is 248 Å². The van der Waals surface area contributed by atoms with Gasteiger partial charge in [0.15, 0.2) is 0 Å². The summed E-state index contributed by atoms with van der Waals surface area (Å²) in [6, 6.07) is -13.7. The van der Waals surface area contributed by atoms with E-state index in [0.29, 0.717) is 30.6 Å². The number of carbonyl (C=O) groups is 12. The standard InChI is InChI=1S/C75H113F11N12O13/c1-14-42(3)60-68(108)92(9)39-58(101)93(10)51-23-17-16-20-30-97(67(51)107)54(33-43-24-27-46(28-25-43)74(81,82)83)66(106)91(8)38-56(99)87-50(29-26-44-31-48(76)59(49(77)32-44)75(84,85)86)64(104)98-37-47(111-15-2)34-52(98)63(103)89-72(40-71(4,5)41-72)70(110)96(13)61(45-21-18-19-22-45)69(109)95(12)53(65(105)90(6)7)35-57(100)94(11)55(62(102)88-60)36-73(78,79)80/h16-17,42-55,59-61H,14-15,18-41H2,1-13H3,(H,87,99)(H,88,102)(H,89,103)/b17-16-/t42-,43?,44?,46?,47+,48?,49?,50-,51-,52-,53-,54-,55-,59?,60-,61-/m0/s1. The number of fused-ring (bicyclic) bond motifs is 3. The molecule has 12 amide bonds. The fraction of sp³-hybridized carbons (Fsp3) is 0.813. The molecule has 0 aromatic rings. The van der Waals surface area contributed by atoms with Crippen LogP contribution in [0.3, 0.4) is 0 Å². The van der Waals surface area contributed by atoms with E-state index in [1.807, 2.05) is 0 Å². The van der Waals surface area contributed by atoms with Crippen molar-refractivity contribution < 1.29 is 111 Å². The average molecular weight is 1600 g/mol. The van der Waals surface area contributed by atoms with Crippen LogP contribution in [-0.4, -0.2) is 295 Å². The summed E-state index contributed by atoms with van der Waals surface area (Å²) in [5.74, 6) is -20.0. The molecule has 12 atom stereocenters. The Morgan fingerprint density at radius 3 is 1.79 bits per heavy atom. The van der Waals surface area contributed by atoms with Crippen LogP contribution in [0.25, 0.3) is 0 Å². The second-order valence-corrected chi connectivity index (χ2v) is 33.0. The Labute approximate surface area is 641 Å². The number of alkyl halides is 11. The third-order valence-electron chi connectivity index (χ3n) is 24.0. The molecule has 111 heavy (non-hydrogen) atoms. The van der Waals surface area contributed by atoms with Crippen LogP contribution in [0.5, 0.6) is 0 Å². The van der Waals surface area contributed by atoms with Crippen LogP contribution in [0.4, 0.5) is 48.3 Å². The second kappa shape index (κ2) is 37.2. The Kier molecular flexibility index (Phi) is 30.4. The molecule has 36 heteroatoms. The van der Waals surface area contributed by atoms with Crippen LogP contribution >= 0.6 is 0 Å². The zero-order valence-electron chi connectivity index (χ0n) is 65.8. The average Bonchev–Trinajstić information content (AvgIpc) is 1.45. The van der Waals surface area contributed by atoms with E-state index in [9.17, 15) is 68.3 Å². The lowest BCUT2D eigenvalue weighted by atomic mass is 9.58. The summed E-state index contributed by atoms with van der Waals surface area (Å²) in [5.41, 5.74) is -2.54. The quantitative estimate of drug-likeness (QED) is 0.133. The van der Waals surface area contributed by atoms with Crippen molar-refractivity contribution in [1.29, 1.82) is 0 Å². The first-order valence-electron chi connectivity index (χ1n) is 38.6. The molecule has 4 saturated carbocycles. The lowest BCUT2D eigenvalue weighted by molar-refractivity contribution is -0.219. The van der Waals surface area contributed by atoms with E-state index in [4.69, 9.17) is 4.74 Å². The number of hydrogen-bond acceptors (Lipinski definition) is 13. The largest absolute Gasteiger partial charge is 0.397 e. The number of likely N-dealkylation sites (N-methyl/N-ethyl adjacent to an activating group) is 7. The molecule has 2 saturated heterocycles. The van der Waals surface area contributed by atoms with Crippen LogP contribution in [-0.2, 0) is 62.3 Å². The highest BCUT2D eigenvalue weighted by atomic mass is 19.4. The summed E-state index contributed by atoms with van der Waals surface area (Å²) >= 11 is 0. The van der Waals surface area contributed by atoms with Crippen molar-refractivity contribution in [2.75, 3.05) is 89.2 Å². The minimum absolute atomic E-state index is 0.0364. The summed E-state index contributed by atoms with van der Waals surface area (Å²) < 4.78 is 166. The van der Waals surface area contributed by atoms with E-state index in [-0.39, 0.29) is 96.7 Å². The molecule has 4 aliphatic carbocycles. The van der Waals surface area contributed by atoms with Crippen LogP contribution in [0.1, 0.15) is 169 Å². The van der Waals surface area contributed by atoms with Crippen molar-refractivity contribution in [1.82, 2.24) is 60.0 Å². The van der Waals surface area contributed by atoms with E-state index in [2.05, 4.69) is 16.0 Å². The molecule has 0 radical (unpaired) electrons. The summed E-state index contributed by atoms with van der Waals surface area (Å²) in [6.45, 7) is 5.98. The molecule has 0 aromatic carbocycles. The van der Waals surface area contributed by atoms with Crippen LogP contribution < -0.4 is 16.0 Å². The number of nitrogens with one attached hydrogen (secondary N) is 3. The van der Waals surface area contributed by atoms with Crippen molar-refractivity contribution in [3.8, 4) is 0 Å². The zero-order valence-corrected chi connectivity index (χ0v) is 65.8. The first kappa shape index (κ1) is 90.8. The molecule has 7 rings (SSSR count). The molecule has 7 aliphatic rings. The number of halogens is 11. The molecule has 1 spiro atoms. The van der Waals surface area contributed by atoms with Crippen molar-refractivity contribution >= 4 is 70.9 Å². The maximum absolute atomic E-state index is 15.7. The van der Waals surface area contributed by atoms with Crippen LogP contribution in [0, 0.1) is 40.9 Å². The summed E-state index contributed by atoms with van der Waals surface area (Å²) in [7, 11) is 9.47. The molecule has 6 fully saturated rings. The highest BCUT2D eigenvalue weighted by molar-refractivity contribution is 6.01. The Morgan fingerprint density at radius 1 is 0.640 bits per heavy atom. The Balaban J connectivity index is 1.35. The van der Waals surface area contributed by atoms with Crippen LogP contribution in [0.15, 0.2) is 12.2 Å². The van der Waals surface area contributed by atoms with Gasteiger partial charge in [0, 0.05) is 82.5 Å². The van der Waals surface area contributed by atoms with Crippen molar-refractivity contribution in [2.45, 2.75) is 260 Å². The maximum atomic E-state index is 15.7. The van der Waals surface area contributed by atoms with Crippen molar-refractivity contribution in [2.24, 2.45) is 40.9 Å². The first-order valence-corrected chi connectivity index (χ1v) is 38.6. The number of nitrogens with zero attached hydrogens (tertiary/aromatic N) is 9. The normalized spacial score (nSPS) is 32.0. The second-order valence-electron chi connectivity index (χ2n) is 33.0. The molecule has 3 aliphatic heterocycles. The monoisotopic (exact) mass is 1600 g/mol. The Bertz CT molecular complexity index is 3370. The lowest BCUT2D eigenvalue weighted by Gasteiger charge is -2.54. The zero-order chi connectivity index (χ0) is 83.1. The van der Waals surface area contributed by atoms with Gasteiger partial charge >= 0.3 is 18.5 Å². The van der Waals surface area contributed by atoms with Crippen molar-refractivity contribution in [3.05, 3.63) is 12.2 Å². The Morgan fingerprint density at radius 2 is 1.24 bits per heavy atom. The fourth-order valence-electron chi connectivity index (χ4n) is 17.7. The van der Waals surface area contributed by atoms with E-state index in [1.165, 1.54) is 42.2 Å². The fourth-order valence-corrected chi connectivity index (χ4v) is 17.7. The Hall–Kier alpha value is -7.43. The van der Waals surface area contributed by atoms with Gasteiger partial charge in [0.25, 0.3) is 0 Å². The van der Waals surface area contributed by atoms with Gasteiger partial charge in [0.05, 0.1) is 38.0 Å². The molecular weight excluding hydrogens is 1490 g/mol. The van der Waals surface area contributed by atoms with Gasteiger partial charge < -0.3 is 64.8 Å². The number of carbonyl (C=O) groups excluding carboxylic acids is 12. The van der Waals surface area contributed by atoms with E-state index in [0.717, 1.165) is 60.3 Å². The molecule has 0 aromatic heterocycles. The summed E-state index contributed by atoms with van der Waals surface area (Å²) in [6.07, 6.45) is -23.2. The van der Waals surface area contributed by atoms with Crippen molar-refractivity contribution in [3.63, 3.8) is 0 Å². The molecule has 628 valence electrons. The lowest BCUT2D eigenvalue weighted by Crippen LogP contribution is -2.71. The number of hydrogen-bond donors (Lipinski definition) is 3. The number of amides is 12. The first-order chi connectivity index (χ1) is 51.6. The maximum Gasteiger partial charge on any atom is 0.397 e. The van der Waals surface area contributed by atoms with Gasteiger partial charge in [-0.05, 0) is 132 Å². The van der Waals surface area contributed by atoms with Gasteiger partial charge in [0.1, 0.15) is 72.1 Å². The minimum Gasteiger partial charge on any atom is -0.377 e. The molecule has 3 heterocycles. The predicted octanol–water partition coefficient (Wildman–Crippen LogP) is 6.89. The number of ether oxygens (including phenoxy) is 1. The topological polar surface area (TPSA) is 279 Å². The molecular formula is C75H113F11N12O13. The molecule has 25 nitrogen and oxygen atoms in total. The molecule has 3 N–H and O–H groups in total. The summed E-state index contributed by atoms with van der Waals surface area (Å²) in [5, 5.41) is 7.88. The van der Waals surface area contributed by atoms with Gasteiger partial charge in [-0.15, -0.1) is 0 Å². The highest BCUT2D eigenvalue weighted by Crippen LogP contribution is 2.50. The van der Waals surface area contributed by atoms with Crippen LogP contribution in [0.2, 0.25) is 0 Å². The van der Waals surface area contributed by atoms with E-state index in [1.54, 1.807) is 39.8 Å². The smallest absolute Gasteiger partial charge is 0.377 e. The molecule has 2 unspecified atom stereocenters. The number of rotatable bonds is 12. The summed E-state index contributed by atoms with van der Waals surface area (Å²) in [4.78, 5) is 189. The molecule has 2 bridgehead atoms. The van der Waals surface area contributed by atoms with Gasteiger partial charge in [-0.1, -0.05) is 59.1 Å². The predicted molar refractivity (Wildman–Crippen MR) is 381 cm³/mol. The minimum atomic E-state index is -5.25. The SMILES string of the molecule is CCO[C@@H]1C[C@H]2C(=O)NC3(CC(C)(C)C3)C(=O)N(C)[C@@H](C3CCCC3)C(=O)N(C)[C@H](C(=O)N(C)C)CC(=O)N(C)[C@@H](CC(F)(F)F)C(=O)N[C@@H]([C@@H](C)CC)C(=O)N(C)CC(=O)N(C)[C@H]3C/C=C\CCN(C3=O)[C@@H](CC3CCC(C(F)(F)F)CC3)C(=O)N(C)CC(=O)N[C@@H](CCC3CC(F)C(C(F)(F)F)C(F)C3)C(=O)N2C1. The highest BCUT2D eigenvalue weighted by Gasteiger charge is 2.60. The van der Waals surface area contributed by atoms with Gasteiger partial charge in [-0.2, -0.15) is 39.5 Å². The third-order valence-corrected chi connectivity index (χ3v) is 24.0. The van der Waals surface area contributed by atoms with Gasteiger partial charge in [-0.25, -0.2) is 8.78 Å². The van der Waals surface area contributed by atoms with Gasteiger partial charge in [-0.3, -0.25) is 57.5 Å². The van der Waals surface area contributed by atoms with E-state index >= 15 is 37.5 Å². The third kappa shape index (κ3) is 22.3. The van der Waals surface area contributed by atoms with Gasteiger partial charge in [0.2, 0.25) is 70.9 Å².